The summed E-state index contributed by atoms with van der Waals surface area (Å²) in [6.45, 7) is 4.49. The summed E-state index contributed by atoms with van der Waals surface area (Å²) >= 11 is 3.49. The van der Waals surface area contributed by atoms with Gasteiger partial charge < -0.3 is 35.4 Å². The fourth-order valence-electron chi connectivity index (χ4n) is 2.15. The van der Waals surface area contributed by atoms with E-state index in [2.05, 4.69) is 50.8 Å². The number of rotatable bonds is 4. The van der Waals surface area contributed by atoms with Crippen LogP contribution in [0.2, 0.25) is 0 Å². The van der Waals surface area contributed by atoms with E-state index in [1.807, 2.05) is 0 Å². The summed E-state index contributed by atoms with van der Waals surface area (Å²) in [4.78, 5) is 0. The van der Waals surface area contributed by atoms with Crippen LogP contribution in [0, 0.1) is 5.92 Å². The van der Waals surface area contributed by atoms with Gasteiger partial charge in [0, 0.05) is 11.0 Å². The van der Waals surface area contributed by atoms with Crippen molar-refractivity contribution in [3.05, 3.63) is 34.3 Å². The molecule has 1 heterocycles. The maximum absolute atomic E-state index is 3.55. The van der Waals surface area contributed by atoms with Crippen molar-refractivity contribution in [2.45, 2.75) is 19.4 Å². The molecule has 1 aliphatic heterocycles. The highest BCUT2D eigenvalue weighted by molar-refractivity contribution is 9.10. The van der Waals surface area contributed by atoms with Gasteiger partial charge in [0.15, 0.2) is 0 Å². The molecule has 104 valence electrons. The molecule has 2 N–H and O–H groups in total. The Bertz CT molecular complexity index is 331. The topological polar surface area (TPSA) is 24.1 Å². The van der Waals surface area contributed by atoms with E-state index in [1.165, 1.54) is 31.5 Å². The number of piperidine rings is 1. The van der Waals surface area contributed by atoms with E-state index in [-0.39, 0.29) is 24.8 Å². The summed E-state index contributed by atoms with van der Waals surface area (Å²) in [5.41, 5.74) is 1.35. The average molecular weight is 354 g/mol. The van der Waals surface area contributed by atoms with Gasteiger partial charge in [-0.15, -0.1) is 0 Å². The average Bonchev–Trinajstić information content (AvgIpc) is 2.30. The zero-order valence-corrected chi connectivity index (χ0v) is 13.4. The number of nitrogens with one attached hydrogen (secondary N) is 2. The number of benzene rings is 1. The monoisotopic (exact) mass is 352 g/mol. The largest absolute Gasteiger partial charge is 1.00 e. The van der Waals surface area contributed by atoms with Crippen LogP contribution >= 0.6 is 15.9 Å². The van der Waals surface area contributed by atoms with Crippen LogP contribution in [0.1, 0.15) is 18.4 Å². The maximum Gasteiger partial charge on any atom is 0.0206 e. The van der Waals surface area contributed by atoms with Gasteiger partial charge in [-0.25, -0.2) is 0 Å². The molecule has 0 amide bonds. The van der Waals surface area contributed by atoms with Crippen LogP contribution in [-0.2, 0) is 6.54 Å². The van der Waals surface area contributed by atoms with Crippen molar-refractivity contribution in [3.8, 4) is 0 Å². The Morgan fingerprint density at radius 3 is 2.61 bits per heavy atom. The molecular weight excluding hydrogens is 335 g/mol. The van der Waals surface area contributed by atoms with Gasteiger partial charge in [0.2, 0.25) is 0 Å². The first-order valence-corrected chi connectivity index (χ1v) is 6.80. The minimum Gasteiger partial charge on any atom is -1.00 e. The zero-order chi connectivity index (χ0) is 11.2. The lowest BCUT2D eigenvalue weighted by Crippen LogP contribution is -3.00. The van der Waals surface area contributed by atoms with Crippen LogP contribution in [0.15, 0.2) is 28.7 Å². The van der Waals surface area contributed by atoms with Gasteiger partial charge in [-0.2, -0.15) is 0 Å². The van der Waals surface area contributed by atoms with E-state index in [0.717, 1.165) is 23.5 Å². The molecule has 2 nitrogen and oxygen atoms in total. The molecule has 5 heteroatoms. The molecule has 1 aliphatic rings. The van der Waals surface area contributed by atoms with Crippen LogP contribution in [-0.4, -0.2) is 19.6 Å². The molecule has 0 unspecified atom stereocenters. The van der Waals surface area contributed by atoms with Crippen LogP contribution < -0.4 is 35.4 Å². The lowest BCUT2D eigenvalue weighted by molar-refractivity contribution is -0.001000. The van der Waals surface area contributed by atoms with E-state index in [1.54, 1.807) is 0 Å². The third-order valence-electron chi connectivity index (χ3n) is 3.11. The molecular formula is C13H19BrCl2N2-2. The summed E-state index contributed by atoms with van der Waals surface area (Å²) in [6, 6.07) is 8.50. The van der Waals surface area contributed by atoms with E-state index < -0.39 is 0 Å². The predicted octanol–water partition coefficient (Wildman–Crippen LogP) is -3.45. The molecule has 0 bridgehead atoms. The summed E-state index contributed by atoms with van der Waals surface area (Å²) in [7, 11) is 0. The van der Waals surface area contributed by atoms with Crippen molar-refractivity contribution in [2.24, 2.45) is 5.92 Å². The molecule has 1 aromatic rings. The summed E-state index contributed by atoms with van der Waals surface area (Å²) < 4.78 is 1.16. The number of halogens is 3. The molecule has 1 fully saturated rings. The van der Waals surface area contributed by atoms with Gasteiger partial charge in [0.25, 0.3) is 0 Å². The number of hydrogen-bond donors (Lipinski definition) is 2. The highest BCUT2D eigenvalue weighted by Gasteiger charge is 2.11. The second-order valence-electron chi connectivity index (χ2n) is 4.45. The first-order valence-electron chi connectivity index (χ1n) is 6.00. The highest BCUT2D eigenvalue weighted by atomic mass is 79.9. The molecule has 0 saturated carbocycles. The first kappa shape index (κ1) is 18.2. The van der Waals surface area contributed by atoms with Crippen molar-refractivity contribution in [2.75, 3.05) is 19.6 Å². The summed E-state index contributed by atoms with van der Waals surface area (Å²) in [5, 5.41) is 6.95. The highest BCUT2D eigenvalue weighted by Crippen LogP contribution is 2.13. The standard InChI is InChI=1S/C13H19BrN2.2ClH/c14-13-3-1-2-12(8-13)10-16-9-11-4-6-15-7-5-11;;/h1-3,8,11,15-16H,4-7,9-10H2;2*1H/p-2. The Hall–Kier alpha value is 0.200. The lowest BCUT2D eigenvalue weighted by Gasteiger charge is -2.22. The van der Waals surface area contributed by atoms with Gasteiger partial charge in [-0.1, -0.05) is 28.1 Å². The van der Waals surface area contributed by atoms with Gasteiger partial charge in [0.05, 0.1) is 0 Å². The molecule has 0 atom stereocenters. The van der Waals surface area contributed by atoms with Crippen molar-refractivity contribution in [3.63, 3.8) is 0 Å². The molecule has 0 spiro atoms. The minimum absolute atomic E-state index is 0. The molecule has 1 aromatic carbocycles. The Labute approximate surface area is 130 Å². The minimum atomic E-state index is 0. The Morgan fingerprint density at radius 2 is 1.94 bits per heavy atom. The van der Waals surface area contributed by atoms with Gasteiger partial charge in [0.1, 0.15) is 0 Å². The lowest BCUT2D eigenvalue weighted by atomic mass is 9.98. The normalized spacial score (nSPS) is 15.6. The van der Waals surface area contributed by atoms with Gasteiger partial charge in [-0.05, 0) is 56.1 Å². The fraction of sp³-hybridized carbons (Fsp3) is 0.538. The second-order valence-corrected chi connectivity index (χ2v) is 5.37. The van der Waals surface area contributed by atoms with E-state index in [9.17, 15) is 0 Å². The second kappa shape index (κ2) is 10.0. The molecule has 0 aliphatic carbocycles. The fourth-order valence-corrected chi connectivity index (χ4v) is 2.60. The molecule has 1 saturated heterocycles. The zero-order valence-electron chi connectivity index (χ0n) is 10.3. The van der Waals surface area contributed by atoms with Crippen molar-refractivity contribution < 1.29 is 24.8 Å². The summed E-state index contributed by atoms with van der Waals surface area (Å²) in [5.74, 6) is 0.855. The summed E-state index contributed by atoms with van der Waals surface area (Å²) in [6.07, 6.45) is 2.62. The molecule has 18 heavy (non-hydrogen) atoms. The van der Waals surface area contributed by atoms with Gasteiger partial charge in [-0.3, -0.25) is 0 Å². The molecule has 0 aromatic heterocycles. The van der Waals surface area contributed by atoms with Crippen LogP contribution in [0.4, 0.5) is 0 Å². The molecule has 0 radical (unpaired) electrons. The predicted molar refractivity (Wildman–Crippen MR) is 71.4 cm³/mol. The quantitative estimate of drug-likeness (QED) is 0.588. The number of hydrogen-bond acceptors (Lipinski definition) is 2. The van der Waals surface area contributed by atoms with Crippen LogP contribution in [0.5, 0.6) is 0 Å². The Kier molecular flexibility index (Phi) is 10.2. The van der Waals surface area contributed by atoms with Crippen molar-refractivity contribution in [1.29, 1.82) is 0 Å². The Morgan fingerprint density at radius 1 is 1.22 bits per heavy atom. The van der Waals surface area contributed by atoms with E-state index in [0.29, 0.717) is 0 Å². The third-order valence-corrected chi connectivity index (χ3v) is 3.60. The van der Waals surface area contributed by atoms with Crippen molar-refractivity contribution in [1.82, 2.24) is 10.6 Å². The SMILES string of the molecule is Brc1cccc(CNCC2CCNCC2)c1.[Cl-].[Cl-]. The van der Waals surface area contributed by atoms with Crippen LogP contribution in [0.3, 0.4) is 0 Å². The molecule has 2 rings (SSSR count). The first-order chi connectivity index (χ1) is 7.84. The smallest absolute Gasteiger partial charge is 0.0206 e. The van der Waals surface area contributed by atoms with E-state index >= 15 is 0 Å². The maximum atomic E-state index is 3.55. The van der Waals surface area contributed by atoms with E-state index in [4.69, 9.17) is 0 Å². The van der Waals surface area contributed by atoms with Gasteiger partial charge >= 0.3 is 0 Å². The van der Waals surface area contributed by atoms with Crippen molar-refractivity contribution >= 4 is 15.9 Å². The Balaban J connectivity index is 0.00000144. The van der Waals surface area contributed by atoms with Crippen LogP contribution in [0.25, 0.3) is 0 Å². The third kappa shape index (κ3) is 6.39.